The second kappa shape index (κ2) is 7.61. The van der Waals surface area contributed by atoms with E-state index >= 15 is 0 Å². The van der Waals surface area contributed by atoms with Crippen LogP contribution in [0.2, 0.25) is 0 Å². The lowest BCUT2D eigenvalue weighted by Crippen LogP contribution is -2.45. The third kappa shape index (κ3) is 4.33. The quantitative estimate of drug-likeness (QED) is 0.844. The zero-order valence-electron chi connectivity index (χ0n) is 13.2. The maximum atomic E-state index is 12.3. The summed E-state index contributed by atoms with van der Waals surface area (Å²) >= 11 is 0. The van der Waals surface area contributed by atoms with Gasteiger partial charge in [-0.05, 0) is 25.3 Å². The molecule has 2 fully saturated rings. The molecule has 3 heterocycles. The van der Waals surface area contributed by atoms with Gasteiger partial charge in [0.1, 0.15) is 18.1 Å². The number of hydrogen-bond donors (Lipinski definition) is 2. The van der Waals surface area contributed by atoms with Crippen molar-refractivity contribution in [2.45, 2.75) is 31.8 Å². The molecule has 2 aliphatic heterocycles. The van der Waals surface area contributed by atoms with E-state index in [9.17, 15) is 9.59 Å². The third-order valence-corrected chi connectivity index (χ3v) is 4.24. The Morgan fingerprint density at radius 3 is 3.00 bits per heavy atom. The Kier molecular flexibility index (Phi) is 5.30. The Morgan fingerprint density at radius 1 is 1.35 bits per heavy atom. The average Bonchev–Trinajstić information content (AvgIpc) is 2.93. The third-order valence-electron chi connectivity index (χ3n) is 4.24. The van der Waals surface area contributed by atoms with Gasteiger partial charge in [-0.3, -0.25) is 14.5 Å². The van der Waals surface area contributed by atoms with E-state index in [1.54, 1.807) is 6.07 Å². The van der Waals surface area contributed by atoms with Crippen molar-refractivity contribution in [3.63, 3.8) is 0 Å². The molecule has 0 bridgehead atoms. The fraction of sp³-hybridized carbons (Fsp3) is 0.625. The Labute approximate surface area is 135 Å². The van der Waals surface area contributed by atoms with E-state index in [-0.39, 0.29) is 11.8 Å². The lowest BCUT2D eigenvalue weighted by atomic mass is 10.1. The molecule has 23 heavy (non-hydrogen) atoms. The van der Waals surface area contributed by atoms with Gasteiger partial charge in [0.25, 0.3) is 5.91 Å². The first-order valence-electron chi connectivity index (χ1n) is 8.18. The van der Waals surface area contributed by atoms with E-state index < -0.39 is 6.04 Å². The molecule has 7 heteroatoms. The molecule has 0 unspecified atom stereocenters. The molecule has 1 aromatic heterocycles. The molecule has 126 valence electrons. The molecule has 0 aliphatic carbocycles. The Bertz CT molecular complexity index is 551. The lowest BCUT2D eigenvalue weighted by Gasteiger charge is -2.25. The van der Waals surface area contributed by atoms with Crippen molar-refractivity contribution in [2.75, 3.05) is 32.8 Å². The normalized spacial score (nSPS) is 23.1. The highest BCUT2D eigenvalue weighted by Crippen LogP contribution is 2.13. The second-order valence-electron chi connectivity index (χ2n) is 6.00. The van der Waals surface area contributed by atoms with Gasteiger partial charge >= 0.3 is 0 Å². The number of nitrogens with one attached hydrogen (secondary N) is 2. The van der Waals surface area contributed by atoms with Crippen LogP contribution in [0.15, 0.2) is 16.7 Å². The van der Waals surface area contributed by atoms with Crippen LogP contribution in [0.1, 0.15) is 35.4 Å². The molecule has 1 atom stereocenters. The summed E-state index contributed by atoms with van der Waals surface area (Å²) in [5, 5.41) is 5.61. The van der Waals surface area contributed by atoms with Gasteiger partial charge in [-0.25, -0.2) is 0 Å². The maximum Gasteiger partial charge on any atom is 0.255 e. The van der Waals surface area contributed by atoms with Crippen LogP contribution in [0.4, 0.5) is 0 Å². The first-order chi connectivity index (χ1) is 11.2. The second-order valence-corrected chi connectivity index (χ2v) is 6.00. The van der Waals surface area contributed by atoms with Crippen LogP contribution < -0.4 is 10.6 Å². The summed E-state index contributed by atoms with van der Waals surface area (Å²) in [6.45, 7) is 4.53. The van der Waals surface area contributed by atoms with E-state index in [2.05, 4.69) is 15.5 Å². The summed E-state index contributed by atoms with van der Waals surface area (Å²) in [6.07, 6.45) is 4.01. The largest absolute Gasteiger partial charge is 0.467 e. The predicted octanol–water partition coefficient (Wildman–Crippen LogP) is 0.510. The minimum atomic E-state index is -0.456. The molecule has 2 aliphatic rings. The highest BCUT2D eigenvalue weighted by molar-refractivity contribution is 5.97. The zero-order valence-corrected chi connectivity index (χ0v) is 13.2. The van der Waals surface area contributed by atoms with Gasteiger partial charge in [0, 0.05) is 19.6 Å². The van der Waals surface area contributed by atoms with Crippen molar-refractivity contribution < 1.29 is 18.7 Å². The number of carbonyl (C=O) groups is 2. The van der Waals surface area contributed by atoms with Crippen molar-refractivity contribution in [3.05, 3.63) is 23.7 Å². The molecule has 1 aromatic rings. The molecular formula is C16H23N3O4. The lowest BCUT2D eigenvalue weighted by molar-refractivity contribution is -0.122. The Hall–Kier alpha value is -1.86. The number of carbonyl (C=O) groups excluding carboxylic acids is 2. The number of ether oxygens (including phenoxy) is 1. The van der Waals surface area contributed by atoms with Crippen LogP contribution >= 0.6 is 0 Å². The molecule has 7 nitrogen and oxygen atoms in total. The van der Waals surface area contributed by atoms with Crippen LogP contribution in [0.5, 0.6) is 0 Å². The van der Waals surface area contributed by atoms with Gasteiger partial charge < -0.3 is 19.8 Å². The summed E-state index contributed by atoms with van der Waals surface area (Å²) < 4.78 is 10.8. The summed E-state index contributed by atoms with van der Waals surface area (Å²) in [5.41, 5.74) is 0.463. The fourth-order valence-electron chi connectivity index (χ4n) is 2.88. The molecule has 0 aromatic carbocycles. The summed E-state index contributed by atoms with van der Waals surface area (Å²) in [4.78, 5) is 26.4. The predicted molar refractivity (Wildman–Crippen MR) is 82.9 cm³/mol. The van der Waals surface area contributed by atoms with Crippen molar-refractivity contribution in [2.24, 2.45) is 0 Å². The van der Waals surface area contributed by atoms with Gasteiger partial charge in [-0.15, -0.1) is 0 Å². The molecular weight excluding hydrogens is 298 g/mol. The number of furan rings is 1. The molecule has 3 rings (SSSR count). The maximum absolute atomic E-state index is 12.3. The van der Waals surface area contributed by atoms with Crippen molar-refractivity contribution in [3.8, 4) is 0 Å². The van der Waals surface area contributed by atoms with Crippen molar-refractivity contribution in [1.29, 1.82) is 0 Å². The van der Waals surface area contributed by atoms with Gasteiger partial charge in [0.15, 0.2) is 0 Å². The van der Waals surface area contributed by atoms with Crippen LogP contribution in [-0.4, -0.2) is 55.6 Å². The molecule has 0 spiro atoms. The smallest absolute Gasteiger partial charge is 0.255 e. The van der Waals surface area contributed by atoms with Crippen LogP contribution in [0.3, 0.4) is 0 Å². The molecule has 0 radical (unpaired) electrons. The Balaban J connectivity index is 1.56. The zero-order chi connectivity index (χ0) is 16.1. The van der Waals surface area contributed by atoms with Crippen molar-refractivity contribution in [1.82, 2.24) is 15.5 Å². The number of amides is 2. The highest BCUT2D eigenvalue weighted by atomic mass is 16.5. The van der Waals surface area contributed by atoms with Gasteiger partial charge in [-0.2, -0.15) is 0 Å². The van der Waals surface area contributed by atoms with E-state index in [1.807, 2.05) is 0 Å². The Morgan fingerprint density at radius 2 is 2.17 bits per heavy atom. The molecule has 2 N–H and O–H groups in total. The van der Waals surface area contributed by atoms with Gasteiger partial charge in [0.2, 0.25) is 5.91 Å². The van der Waals surface area contributed by atoms with E-state index in [4.69, 9.17) is 9.15 Å². The summed E-state index contributed by atoms with van der Waals surface area (Å²) in [5.74, 6) is 0.388. The van der Waals surface area contributed by atoms with E-state index in [0.29, 0.717) is 25.1 Å². The summed E-state index contributed by atoms with van der Waals surface area (Å²) in [6, 6.07) is 1.29. The van der Waals surface area contributed by atoms with E-state index in [0.717, 1.165) is 44.9 Å². The molecule has 2 saturated heterocycles. The SMILES string of the molecule is O=C(N[C@@H]1CCCCNC1=O)c1coc(CN2CCOCC2)c1. The fourth-order valence-corrected chi connectivity index (χ4v) is 2.88. The van der Waals surface area contributed by atoms with Crippen LogP contribution in [0.25, 0.3) is 0 Å². The highest BCUT2D eigenvalue weighted by Gasteiger charge is 2.24. The molecule has 2 amide bonds. The van der Waals surface area contributed by atoms with Crippen LogP contribution in [0, 0.1) is 0 Å². The van der Waals surface area contributed by atoms with Crippen LogP contribution in [-0.2, 0) is 16.1 Å². The number of rotatable bonds is 4. The minimum absolute atomic E-state index is 0.104. The van der Waals surface area contributed by atoms with E-state index in [1.165, 1.54) is 6.26 Å². The summed E-state index contributed by atoms with van der Waals surface area (Å²) in [7, 11) is 0. The minimum Gasteiger partial charge on any atom is -0.467 e. The topological polar surface area (TPSA) is 83.8 Å². The van der Waals surface area contributed by atoms with Gasteiger partial charge in [0.05, 0.1) is 25.3 Å². The van der Waals surface area contributed by atoms with Gasteiger partial charge in [-0.1, -0.05) is 0 Å². The number of nitrogens with zero attached hydrogens (tertiary/aromatic N) is 1. The first-order valence-corrected chi connectivity index (χ1v) is 8.18. The average molecular weight is 321 g/mol. The monoisotopic (exact) mass is 321 g/mol. The molecule has 0 saturated carbocycles. The number of hydrogen-bond acceptors (Lipinski definition) is 5. The first kappa shape index (κ1) is 16.0. The standard InChI is InChI=1S/C16H23N3O4/c20-15(18-14-3-1-2-4-17-16(14)21)12-9-13(23-11-12)10-19-5-7-22-8-6-19/h9,11,14H,1-8,10H2,(H,17,21)(H,18,20)/t14-/m1/s1. The van der Waals surface area contributed by atoms with Crippen molar-refractivity contribution >= 4 is 11.8 Å². The number of morpholine rings is 1.